The molecule has 0 saturated heterocycles. The second kappa shape index (κ2) is 13.2. The number of rotatable bonds is 10. The summed E-state index contributed by atoms with van der Waals surface area (Å²) in [5.74, 6) is 0.337. The SMILES string of the molecule is CCCCn1c2cc(C)ccc2c2cc(O)c(C=Nc3ccccc3N=Cc3cc4c(cc3O)c3ccc(Cl)cc3n4CCCC)cc21. The number of aromatic nitrogens is 2. The number of phenolic OH excluding ortho intramolecular Hbond substituents is 2. The van der Waals surface area contributed by atoms with Crippen LogP contribution in [-0.4, -0.2) is 31.8 Å². The Labute approximate surface area is 285 Å². The van der Waals surface area contributed by atoms with Crippen LogP contribution >= 0.6 is 11.6 Å². The summed E-state index contributed by atoms with van der Waals surface area (Å²) in [5, 5.41) is 27.1. The molecule has 0 aliphatic rings. The van der Waals surface area contributed by atoms with Crippen molar-refractivity contribution < 1.29 is 10.2 Å². The van der Waals surface area contributed by atoms with E-state index in [2.05, 4.69) is 48.1 Å². The van der Waals surface area contributed by atoms with Crippen molar-refractivity contribution >= 4 is 79.0 Å². The highest BCUT2D eigenvalue weighted by molar-refractivity contribution is 6.31. The Balaban J connectivity index is 1.25. The zero-order valence-electron chi connectivity index (χ0n) is 27.5. The van der Waals surface area contributed by atoms with E-state index < -0.39 is 0 Å². The molecule has 2 heterocycles. The van der Waals surface area contributed by atoms with E-state index in [0.29, 0.717) is 27.5 Å². The highest BCUT2D eigenvalue weighted by Crippen LogP contribution is 2.37. The molecule has 0 radical (unpaired) electrons. The first-order valence-corrected chi connectivity index (χ1v) is 17.1. The highest BCUT2D eigenvalue weighted by atomic mass is 35.5. The van der Waals surface area contributed by atoms with Crippen molar-refractivity contribution in [3.8, 4) is 11.5 Å². The minimum absolute atomic E-state index is 0.156. The molecule has 2 aromatic heterocycles. The number of unbranched alkanes of at least 4 members (excludes halogenated alkanes) is 2. The van der Waals surface area contributed by atoms with Crippen LogP contribution in [0.1, 0.15) is 56.2 Å². The number of benzene rings is 5. The molecule has 0 unspecified atom stereocenters. The van der Waals surface area contributed by atoms with Crippen LogP contribution in [0, 0.1) is 6.92 Å². The third-order valence-electron chi connectivity index (χ3n) is 9.18. The highest BCUT2D eigenvalue weighted by Gasteiger charge is 2.16. The van der Waals surface area contributed by atoms with Gasteiger partial charge in [-0.25, -0.2) is 0 Å². The van der Waals surface area contributed by atoms with E-state index in [4.69, 9.17) is 21.6 Å². The van der Waals surface area contributed by atoms with Gasteiger partial charge in [-0.3, -0.25) is 9.98 Å². The van der Waals surface area contributed by atoms with E-state index in [9.17, 15) is 10.2 Å². The summed E-state index contributed by atoms with van der Waals surface area (Å²) in [6, 6.07) is 27.7. The maximum atomic E-state index is 11.1. The lowest BCUT2D eigenvalue weighted by atomic mass is 10.1. The first-order chi connectivity index (χ1) is 23.4. The first-order valence-electron chi connectivity index (χ1n) is 16.7. The maximum absolute atomic E-state index is 11.1. The molecule has 7 heteroatoms. The summed E-state index contributed by atoms with van der Waals surface area (Å²) < 4.78 is 4.64. The molecule has 2 N–H and O–H groups in total. The number of aliphatic imine (C=N–C) groups is 2. The molecule has 0 atom stereocenters. The standard InChI is InChI=1S/C41H39ClN4O2/c1-4-6-16-45-36-18-26(3)12-14-30(36)32-22-40(47)27(19-37(32)45)24-43-34-10-8-9-11-35(34)44-25-28-20-38-33(23-41(28)48)31-15-13-29(42)21-39(31)46(38)17-7-5-2/h8-15,18-25,47-48H,4-7,16-17H2,1-3H3. The van der Waals surface area contributed by atoms with E-state index in [-0.39, 0.29) is 11.5 Å². The first kappa shape index (κ1) is 31.5. The van der Waals surface area contributed by atoms with Crippen LogP contribution in [0.4, 0.5) is 11.4 Å². The minimum Gasteiger partial charge on any atom is -0.507 e. The van der Waals surface area contributed by atoms with Crippen LogP contribution in [0.15, 0.2) is 94.9 Å². The number of hydrogen-bond donors (Lipinski definition) is 2. The minimum atomic E-state index is 0.156. The van der Waals surface area contributed by atoms with Crippen LogP contribution in [0.3, 0.4) is 0 Å². The van der Waals surface area contributed by atoms with Crippen LogP contribution in [-0.2, 0) is 13.1 Å². The van der Waals surface area contributed by atoms with Gasteiger partial charge in [0.2, 0.25) is 0 Å². The number of aryl methyl sites for hydroxylation is 3. The molecule has 0 aliphatic heterocycles. The number of phenols is 2. The molecular formula is C41H39ClN4O2. The van der Waals surface area contributed by atoms with E-state index in [1.54, 1.807) is 12.4 Å². The molecule has 48 heavy (non-hydrogen) atoms. The predicted octanol–water partition coefficient (Wildman–Crippen LogP) is 11.4. The van der Waals surface area contributed by atoms with E-state index in [1.165, 1.54) is 11.1 Å². The third-order valence-corrected chi connectivity index (χ3v) is 9.42. The van der Waals surface area contributed by atoms with E-state index in [1.807, 2.05) is 66.7 Å². The Morgan fingerprint density at radius 1 is 0.604 bits per heavy atom. The average molecular weight is 655 g/mol. The molecule has 0 bridgehead atoms. The summed E-state index contributed by atoms with van der Waals surface area (Å²) in [5.41, 5.74) is 8.13. The summed E-state index contributed by atoms with van der Waals surface area (Å²) >= 11 is 6.38. The van der Waals surface area contributed by atoms with Crippen LogP contribution in [0.5, 0.6) is 11.5 Å². The molecule has 0 aliphatic carbocycles. The number of halogens is 1. The van der Waals surface area contributed by atoms with Gasteiger partial charge in [-0.05, 0) is 79.9 Å². The number of para-hydroxylation sites is 2. The molecule has 5 aromatic carbocycles. The van der Waals surface area contributed by atoms with Gasteiger partial charge in [0.15, 0.2) is 0 Å². The Kier molecular flexibility index (Phi) is 8.67. The van der Waals surface area contributed by atoms with Gasteiger partial charge in [0.25, 0.3) is 0 Å². The average Bonchev–Trinajstić information content (AvgIpc) is 3.53. The molecule has 7 rings (SSSR count). The van der Waals surface area contributed by atoms with Gasteiger partial charge >= 0.3 is 0 Å². The Morgan fingerprint density at radius 2 is 1.08 bits per heavy atom. The Hall–Kier alpha value is -5.07. The van der Waals surface area contributed by atoms with Gasteiger partial charge in [0.1, 0.15) is 11.5 Å². The number of fused-ring (bicyclic) bond motifs is 6. The van der Waals surface area contributed by atoms with Crippen molar-refractivity contribution in [2.75, 3.05) is 0 Å². The molecule has 7 aromatic rings. The van der Waals surface area contributed by atoms with Gasteiger partial charge in [-0.15, -0.1) is 0 Å². The molecule has 0 fully saturated rings. The van der Waals surface area contributed by atoms with E-state index in [0.717, 1.165) is 76.9 Å². The van der Waals surface area contributed by atoms with Gasteiger partial charge in [0.05, 0.1) is 27.9 Å². The topological polar surface area (TPSA) is 75.0 Å². The van der Waals surface area contributed by atoms with E-state index >= 15 is 0 Å². The summed E-state index contributed by atoms with van der Waals surface area (Å²) in [6.07, 6.45) is 7.66. The lowest BCUT2D eigenvalue weighted by Crippen LogP contribution is -1.98. The molecule has 0 saturated carbocycles. The summed E-state index contributed by atoms with van der Waals surface area (Å²) in [6.45, 7) is 8.25. The fourth-order valence-corrected chi connectivity index (χ4v) is 6.82. The fraction of sp³-hybridized carbons (Fsp3) is 0.220. The van der Waals surface area contributed by atoms with Gasteiger partial charge in [-0.2, -0.15) is 0 Å². The normalized spacial score (nSPS) is 12.2. The molecule has 0 amide bonds. The van der Waals surface area contributed by atoms with Crippen molar-refractivity contribution in [2.45, 2.75) is 59.5 Å². The Bertz CT molecular complexity index is 2210. The molecule has 242 valence electrons. The zero-order valence-corrected chi connectivity index (χ0v) is 28.3. The molecular weight excluding hydrogens is 616 g/mol. The quantitative estimate of drug-likeness (QED) is 0.144. The summed E-state index contributed by atoms with van der Waals surface area (Å²) in [4.78, 5) is 9.56. The number of aromatic hydroxyl groups is 2. The summed E-state index contributed by atoms with van der Waals surface area (Å²) in [7, 11) is 0. The van der Waals surface area contributed by atoms with Crippen molar-refractivity contribution in [3.63, 3.8) is 0 Å². The van der Waals surface area contributed by atoms with Crippen molar-refractivity contribution in [3.05, 3.63) is 107 Å². The predicted molar refractivity (Wildman–Crippen MR) is 203 cm³/mol. The van der Waals surface area contributed by atoms with Crippen molar-refractivity contribution in [1.82, 2.24) is 9.13 Å². The lowest BCUT2D eigenvalue weighted by molar-refractivity contribution is 0.474. The second-order valence-corrected chi connectivity index (χ2v) is 13.0. The van der Waals surface area contributed by atoms with Crippen molar-refractivity contribution in [2.24, 2.45) is 9.98 Å². The van der Waals surface area contributed by atoms with Crippen LogP contribution in [0.25, 0.3) is 43.6 Å². The molecule has 6 nitrogen and oxygen atoms in total. The smallest absolute Gasteiger partial charge is 0.125 e. The second-order valence-electron chi connectivity index (χ2n) is 12.6. The van der Waals surface area contributed by atoms with Gasteiger partial charge in [0, 0.05) is 68.7 Å². The van der Waals surface area contributed by atoms with Crippen LogP contribution < -0.4 is 0 Å². The van der Waals surface area contributed by atoms with Gasteiger partial charge in [-0.1, -0.05) is 68.6 Å². The molecule has 0 spiro atoms. The number of hydrogen-bond acceptors (Lipinski definition) is 4. The number of nitrogens with zero attached hydrogens (tertiary/aromatic N) is 4. The van der Waals surface area contributed by atoms with Crippen molar-refractivity contribution in [1.29, 1.82) is 0 Å². The van der Waals surface area contributed by atoms with Crippen LogP contribution in [0.2, 0.25) is 5.02 Å². The van der Waals surface area contributed by atoms with Gasteiger partial charge < -0.3 is 19.3 Å². The largest absolute Gasteiger partial charge is 0.507 e. The fourth-order valence-electron chi connectivity index (χ4n) is 6.65. The maximum Gasteiger partial charge on any atom is 0.125 e. The monoisotopic (exact) mass is 654 g/mol. The Morgan fingerprint density at radius 3 is 1.60 bits per heavy atom. The lowest BCUT2D eigenvalue weighted by Gasteiger charge is -2.08. The zero-order chi connectivity index (χ0) is 33.4. The third kappa shape index (κ3) is 5.82.